The van der Waals surface area contributed by atoms with Crippen molar-refractivity contribution in [2.45, 2.75) is 13.8 Å². The second kappa shape index (κ2) is 4.40. The number of anilines is 1. The third-order valence-corrected chi connectivity index (χ3v) is 2.38. The molecule has 2 aromatic heterocycles. The molecule has 2 aromatic rings. The molecule has 17 heavy (non-hydrogen) atoms. The minimum absolute atomic E-state index is 0.341. The molecule has 6 heteroatoms. The van der Waals surface area contributed by atoms with Crippen molar-refractivity contribution in [3.8, 4) is 0 Å². The lowest BCUT2D eigenvalue weighted by atomic mass is 10.2. The molecule has 0 bridgehead atoms. The second-order valence-electron chi connectivity index (χ2n) is 3.65. The van der Waals surface area contributed by atoms with Gasteiger partial charge in [0.2, 0.25) is 0 Å². The zero-order valence-electron chi connectivity index (χ0n) is 10.0. The number of carbonyl (C=O) groups excluding carboxylic acids is 1. The van der Waals surface area contributed by atoms with Crippen molar-refractivity contribution in [3.05, 3.63) is 18.0 Å². The minimum Gasteiger partial charge on any atom is -0.450 e. The highest BCUT2D eigenvalue weighted by molar-refractivity contribution is 5.88. The van der Waals surface area contributed by atoms with E-state index in [1.54, 1.807) is 17.8 Å². The van der Waals surface area contributed by atoms with Gasteiger partial charge in [0.25, 0.3) is 0 Å². The summed E-state index contributed by atoms with van der Waals surface area (Å²) < 4.78 is 6.50. The summed E-state index contributed by atoms with van der Waals surface area (Å²) in [4.78, 5) is 15.5. The number of hydrogen-bond acceptors (Lipinski definition) is 4. The summed E-state index contributed by atoms with van der Waals surface area (Å²) in [6, 6.07) is 1.83. The molecular formula is C11H14N4O2. The second-order valence-corrected chi connectivity index (χ2v) is 3.65. The number of hydrogen-bond donors (Lipinski definition) is 1. The monoisotopic (exact) mass is 234 g/mol. The highest BCUT2D eigenvalue weighted by Gasteiger charge is 2.08. The molecule has 0 aromatic carbocycles. The molecule has 0 aliphatic heterocycles. The van der Waals surface area contributed by atoms with Crippen LogP contribution >= 0.6 is 0 Å². The van der Waals surface area contributed by atoms with E-state index in [2.05, 4.69) is 15.4 Å². The van der Waals surface area contributed by atoms with Crippen LogP contribution in [0, 0.1) is 6.92 Å². The van der Waals surface area contributed by atoms with Crippen LogP contribution in [0.1, 0.15) is 12.6 Å². The van der Waals surface area contributed by atoms with Gasteiger partial charge in [0.1, 0.15) is 0 Å². The first kappa shape index (κ1) is 11.4. The highest BCUT2D eigenvalue weighted by Crippen LogP contribution is 2.19. The van der Waals surface area contributed by atoms with Crippen LogP contribution < -0.4 is 5.32 Å². The molecule has 0 radical (unpaired) electrons. The molecule has 2 heterocycles. The fourth-order valence-corrected chi connectivity index (χ4v) is 1.66. The number of pyridine rings is 1. The first-order chi connectivity index (χ1) is 8.11. The molecule has 0 saturated heterocycles. The smallest absolute Gasteiger partial charge is 0.411 e. The lowest BCUT2D eigenvalue weighted by Crippen LogP contribution is -2.13. The van der Waals surface area contributed by atoms with Crippen LogP contribution in [-0.4, -0.2) is 27.5 Å². The number of ether oxygens (including phenoxy) is 1. The van der Waals surface area contributed by atoms with Crippen LogP contribution in [0.4, 0.5) is 10.5 Å². The van der Waals surface area contributed by atoms with Gasteiger partial charge in [0.05, 0.1) is 24.2 Å². The summed E-state index contributed by atoms with van der Waals surface area (Å²) in [5, 5.41) is 7.79. The Bertz CT molecular complexity index is 562. The molecule has 0 aliphatic rings. The van der Waals surface area contributed by atoms with Gasteiger partial charge in [0, 0.05) is 12.4 Å². The SMILES string of the molecule is CCOC(=O)Nc1cnc2c(c1)c(C)nn2C. The third-order valence-electron chi connectivity index (χ3n) is 2.38. The predicted molar refractivity (Wildman–Crippen MR) is 63.9 cm³/mol. The van der Waals surface area contributed by atoms with Crippen molar-refractivity contribution in [1.82, 2.24) is 14.8 Å². The van der Waals surface area contributed by atoms with Gasteiger partial charge in [-0.15, -0.1) is 0 Å². The van der Waals surface area contributed by atoms with E-state index in [-0.39, 0.29) is 0 Å². The molecule has 0 spiro atoms. The van der Waals surface area contributed by atoms with Gasteiger partial charge in [-0.25, -0.2) is 9.78 Å². The van der Waals surface area contributed by atoms with Gasteiger partial charge in [-0.2, -0.15) is 5.10 Å². The maximum atomic E-state index is 11.3. The number of aromatic nitrogens is 3. The van der Waals surface area contributed by atoms with E-state index in [0.717, 1.165) is 16.7 Å². The molecule has 1 amide bonds. The van der Waals surface area contributed by atoms with Crippen molar-refractivity contribution in [3.63, 3.8) is 0 Å². The largest absolute Gasteiger partial charge is 0.450 e. The van der Waals surface area contributed by atoms with Crippen LogP contribution in [0.3, 0.4) is 0 Å². The number of fused-ring (bicyclic) bond motifs is 1. The Morgan fingerprint density at radius 3 is 3.06 bits per heavy atom. The summed E-state index contributed by atoms with van der Waals surface area (Å²) in [5.74, 6) is 0. The molecule has 0 fully saturated rings. The first-order valence-corrected chi connectivity index (χ1v) is 5.35. The van der Waals surface area contributed by atoms with E-state index < -0.39 is 6.09 Å². The summed E-state index contributed by atoms with van der Waals surface area (Å²) in [5.41, 5.74) is 2.27. The van der Waals surface area contributed by atoms with Crippen molar-refractivity contribution < 1.29 is 9.53 Å². The summed E-state index contributed by atoms with van der Waals surface area (Å²) in [6.45, 7) is 4.00. The molecule has 6 nitrogen and oxygen atoms in total. The van der Waals surface area contributed by atoms with Gasteiger partial charge >= 0.3 is 6.09 Å². The molecular weight excluding hydrogens is 220 g/mol. The Morgan fingerprint density at radius 2 is 2.35 bits per heavy atom. The van der Waals surface area contributed by atoms with Crippen molar-refractivity contribution in [2.75, 3.05) is 11.9 Å². The predicted octanol–water partition coefficient (Wildman–Crippen LogP) is 1.85. The highest BCUT2D eigenvalue weighted by atomic mass is 16.5. The van der Waals surface area contributed by atoms with Crippen LogP contribution in [-0.2, 0) is 11.8 Å². The number of amides is 1. The third kappa shape index (κ3) is 2.20. The summed E-state index contributed by atoms with van der Waals surface area (Å²) in [7, 11) is 1.83. The normalized spacial score (nSPS) is 10.5. The lowest BCUT2D eigenvalue weighted by Gasteiger charge is -2.04. The molecule has 0 saturated carbocycles. The van der Waals surface area contributed by atoms with Gasteiger partial charge in [-0.3, -0.25) is 10.00 Å². The van der Waals surface area contributed by atoms with Gasteiger partial charge in [-0.05, 0) is 19.9 Å². The van der Waals surface area contributed by atoms with Crippen LogP contribution in [0.2, 0.25) is 0 Å². The topological polar surface area (TPSA) is 69.0 Å². The number of nitrogens with one attached hydrogen (secondary N) is 1. The Morgan fingerprint density at radius 1 is 1.59 bits per heavy atom. The molecule has 0 atom stereocenters. The van der Waals surface area contributed by atoms with E-state index in [9.17, 15) is 4.79 Å². The Hall–Kier alpha value is -2.11. The molecule has 90 valence electrons. The minimum atomic E-state index is -0.477. The lowest BCUT2D eigenvalue weighted by molar-refractivity contribution is 0.168. The van der Waals surface area contributed by atoms with E-state index in [1.165, 1.54) is 0 Å². The standard InChI is InChI=1S/C11H14N4O2/c1-4-17-11(16)13-8-5-9-7(2)14-15(3)10(9)12-6-8/h5-6H,4H2,1-3H3,(H,13,16). The maximum Gasteiger partial charge on any atom is 0.411 e. The summed E-state index contributed by atoms with van der Waals surface area (Å²) in [6.07, 6.45) is 1.11. The van der Waals surface area contributed by atoms with Crippen LogP contribution in [0.5, 0.6) is 0 Å². The zero-order valence-corrected chi connectivity index (χ0v) is 10.0. The average Bonchev–Trinajstić information content (AvgIpc) is 2.55. The van der Waals surface area contributed by atoms with Crippen LogP contribution in [0.25, 0.3) is 11.0 Å². The molecule has 2 rings (SSSR count). The van der Waals surface area contributed by atoms with Crippen molar-refractivity contribution in [1.29, 1.82) is 0 Å². The van der Waals surface area contributed by atoms with E-state index >= 15 is 0 Å². The van der Waals surface area contributed by atoms with Gasteiger partial charge in [0.15, 0.2) is 5.65 Å². The Balaban J connectivity index is 2.31. The van der Waals surface area contributed by atoms with Crippen LogP contribution in [0.15, 0.2) is 12.3 Å². The number of aryl methyl sites for hydroxylation is 2. The molecule has 0 unspecified atom stereocenters. The quantitative estimate of drug-likeness (QED) is 0.860. The molecule has 0 aliphatic carbocycles. The zero-order chi connectivity index (χ0) is 12.4. The van der Waals surface area contributed by atoms with Gasteiger partial charge < -0.3 is 4.74 Å². The van der Waals surface area contributed by atoms with Gasteiger partial charge in [-0.1, -0.05) is 0 Å². The first-order valence-electron chi connectivity index (χ1n) is 5.35. The number of carbonyl (C=O) groups is 1. The van der Waals surface area contributed by atoms with Crippen molar-refractivity contribution in [2.24, 2.45) is 7.05 Å². The van der Waals surface area contributed by atoms with E-state index in [0.29, 0.717) is 12.3 Å². The van der Waals surface area contributed by atoms with E-state index in [4.69, 9.17) is 4.74 Å². The summed E-state index contributed by atoms with van der Waals surface area (Å²) >= 11 is 0. The maximum absolute atomic E-state index is 11.3. The van der Waals surface area contributed by atoms with E-state index in [1.807, 2.05) is 20.0 Å². The average molecular weight is 234 g/mol. The fourth-order valence-electron chi connectivity index (χ4n) is 1.66. The number of rotatable bonds is 2. The fraction of sp³-hybridized carbons (Fsp3) is 0.364. The Kier molecular flexibility index (Phi) is 2.95. The number of nitrogens with zero attached hydrogens (tertiary/aromatic N) is 3. The van der Waals surface area contributed by atoms with Crippen molar-refractivity contribution >= 4 is 22.8 Å². The Labute approximate surface area is 98.6 Å². The molecule has 1 N–H and O–H groups in total.